The summed E-state index contributed by atoms with van der Waals surface area (Å²) in [5.41, 5.74) is 0. The maximum atomic E-state index is 5.93. The first kappa shape index (κ1) is 12.8. The van der Waals surface area contributed by atoms with E-state index in [0.717, 1.165) is 16.4 Å². The molecule has 1 atom stereocenters. The highest BCUT2D eigenvalue weighted by Crippen LogP contribution is 2.42. The summed E-state index contributed by atoms with van der Waals surface area (Å²) < 4.78 is 5.93. The number of ether oxygens (including phenoxy) is 1. The van der Waals surface area contributed by atoms with E-state index in [2.05, 4.69) is 43.5 Å². The molecule has 0 saturated carbocycles. The van der Waals surface area contributed by atoms with Crippen LogP contribution < -0.4 is 4.74 Å². The van der Waals surface area contributed by atoms with Crippen LogP contribution in [0.3, 0.4) is 0 Å². The highest BCUT2D eigenvalue weighted by molar-refractivity contribution is 8.01. The summed E-state index contributed by atoms with van der Waals surface area (Å²) in [5, 5.41) is 0. The summed E-state index contributed by atoms with van der Waals surface area (Å²) in [6.45, 7) is 7.81. The molecule has 0 spiro atoms. The van der Waals surface area contributed by atoms with Crippen molar-refractivity contribution in [2.45, 2.75) is 9.79 Å². The van der Waals surface area contributed by atoms with E-state index in [1.807, 2.05) is 30.3 Å². The molecule has 2 heteroatoms. The van der Waals surface area contributed by atoms with Crippen LogP contribution in [0.1, 0.15) is 0 Å². The van der Waals surface area contributed by atoms with Crippen LogP contribution in [0.15, 0.2) is 100 Å². The molecule has 1 heterocycles. The van der Waals surface area contributed by atoms with Crippen molar-refractivity contribution in [3.05, 3.63) is 90.6 Å². The third kappa shape index (κ3) is 2.08. The Morgan fingerprint density at radius 3 is 2.25 bits per heavy atom. The standard InChI is InChI=1S/C18H15OS/c1-3-15-17(4-2)20(14-10-6-5-7-11-14)18-13-9-8-12-16(18)19-15/h3-13H,1-2H2/q+1. The molecule has 0 amide bonds. The lowest BCUT2D eigenvalue weighted by Crippen LogP contribution is -2.16. The van der Waals surface area contributed by atoms with Crippen LogP contribution in [0.5, 0.6) is 5.75 Å². The minimum atomic E-state index is -0.185. The fraction of sp³-hybridized carbons (Fsp3) is 0. The Morgan fingerprint density at radius 1 is 0.850 bits per heavy atom. The van der Waals surface area contributed by atoms with E-state index in [0.29, 0.717) is 0 Å². The Balaban J connectivity index is 2.24. The van der Waals surface area contributed by atoms with Gasteiger partial charge in [-0.3, -0.25) is 0 Å². The van der Waals surface area contributed by atoms with Crippen molar-refractivity contribution < 1.29 is 4.74 Å². The molecule has 2 aromatic rings. The van der Waals surface area contributed by atoms with E-state index >= 15 is 0 Å². The van der Waals surface area contributed by atoms with E-state index in [9.17, 15) is 0 Å². The number of para-hydroxylation sites is 1. The molecule has 0 N–H and O–H groups in total. The first-order valence-electron chi connectivity index (χ1n) is 6.40. The van der Waals surface area contributed by atoms with Gasteiger partial charge < -0.3 is 4.74 Å². The monoisotopic (exact) mass is 279 g/mol. The van der Waals surface area contributed by atoms with Gasteiger partial charge in [0.05, 0.1) is 0 Å². The van der Waals surface area contributed by atoms with Gasteiger partial charge in [0.25, 0.3) is 0 Å². The minimum Gasteiger partial charge on any atom is -0.447 e. The molecule has 1 nitrogen and oxygen atoms in total. The second-order valence-corrected chi connectivity index (χ2v) is 6.27. The molecule has 0 aromatic heterocycles. The summed E-state index contributed by atoms with van der Waals surface area (Å²) in [7, 11) is -0.185. The van der Waals surface area contributed by atoms with E-state index in [1.165, 1.54) is 9.79 Å². The van der Waals surface area contributed by atoms with Gasteiger partial charge in [-0.1, -0.05) is 43.5 Å². The van der Waals surface area contributed by atoms with Crippen LogP contribution in [-0.2, 0) is 10.9 Å². The summed E-state index contributed by atoms with van der Waals surface area (Å²) >= 11 is 0. The third-order valence-electron chi connectivity index (χ3n) is 3.10. The van der Waals surface area contributed by atoms with Gasteiger partial charge in [-0.25, -0.2) is 0 Å². The van der Waals surface area contributed by atoms with Crippen molar-refractivity contribution in [3.63, 3.8) is 0 Å². The first-order chi connectivity index (χ1) is 9.85. The molecule has 2 aromatic carbocycles. The molecule has 0 fully saturated rings. The van der Waals surface area contributed by atoms with Crippen LogP contribution in [0.4, 0.5) is 0 Å². The summed E-state index contributed by atoms with van der Waals surface area (Å²) in [6.07, 6.45) is 3.64. The summed E-state index contributed by atoms with van der Waals surface area (Å²) in [4.78, 5) is 3.54. The van der Waals surface area contributed by atoms with E-state index < -0.39 is 0 Å². The number of fused-ring (bicyclic) bond motifs is 1. The van der Waals surface area contributed by atoms with Gasteiger partial charge in [0, 0.05) is 0 Å². The third-order valence-corrected chi connectivity index (χ3v) is 5.43. The van der Waals surface area contributed by atoms with Gasteiger partial charge in [0.1, 0.15) is 10.9 Å². The predicted octanol–water partition coefficient (Wildman–Crippen LogP) is 4.70. The molecule has 1 aliphatic rings. The maximum Gasteiger partial charge on any atom is 0.209 e. The van der Waals surface area contributed by atoms with Gasteiger partial charge in [-0.15, -0.1) is 0 Å². The van der Waals surface area contributed by atoms with Gasteiger partial charge in [-0.2, -0.15) is 0 Å². The number of hydrogen-bond donors (Lipinski definition) is 0. The zero-order valence-corrected chi connectivity index (χ0v) is 11.9. The second kappa shape index (κ2) is 5.43. The van der Waals surface area contributed by atoms with Crippen molar-refractivity contribution in [1.82, 2.24) is 0 Å². The molecule has 1 aliphatic heterocycles. The fourth-order valence-corrected chi connectivity index (χ4v) is 4.42. The van der Waals surface area contributed by atoms with Crippen LogP contribution in [0.2, 0.25) is 0 Å². The molecule has 0 aliphatic carbocycles. The van der Waals surface area contributed by atoms with Crippen LogP contribution in [0, 0.1) is 0 Å². The quantitative estimate of drug-likeness (QED) is 0.740. The van der Waals surface area contributed by atoms with Gasteiger partial charge in [0.2, 0.25) is 9.80 Å². The highest BCUT2D eigenvalue weighted by Gasteiger charge is 2.38. The molecule has 1 unspecified atom stereocenters. The number of allylic oxidation sites excluding steroid dienone is 2. The molecule has 3 rings (SSSR count). The average molecular weight is 279 g/mol. The van der Waals surface area contributed by atoms with Gasteiger partial charge in [0.15, 0.2) is 16.4 Å². The zero-order chi connectivity index (χ0) is 13.9. The van der Waals surface area contributed by atoms with Crippen LogP contribution in [-0.4, -0.2) is 0 Å². The highest BCUT2D eigenvalue weighted by atomic mass is 32.2. The van der Waals surface area contributed by atoms with E-state index in [4.69, 9.17) is 4.74 Å². The number of rotatable bonds is 3. The second-order valence-electron chi connectivity index (χ2n) is 4.30. The first-order valence-corrected chi connectivity index (χ1v) is 7.63. The average Bonchev–Trinajstić information content (AvgIpc) is 2.53. The number of benzene rings is 2. The molecule has 0 bridgehead atoms. The van der Waals surface area contributed by atoms with Crippen LogP contribution in [0.25, 0.3) is 0 Å². The lowest BCUT2D eigenvalue weighted by atomic mass is 10.3. The van der Waals surface area contributed by atoms with Gasteiger partial charge >= 0.3 is 0 Å². The van der Waals surface area contributed by atoms with Crippen molar-refractivity contribution in [3.8, 4) is 5.75 Å². The largest absolute Gasteiger partial charge is 0.447 e. The molecular formula is C18H15OS+. The van der Waals surface area contributed by atoms with E-state index in [-0.39, 0.29) is 10.9 Å². The molecular weight excluding hydrogens is 264 g/mol. The SMILES string of the molecule is C=CC1=C(C=C)[S+](c2ccccc2)c2ccccc2O1. The number of hydrogen-bond acceptors (Lipinski definition) is 1. The Bertz CT molecular complexity index is 686. The molecule has 98 valence electrons. The van der Waals surface area contributed by atoms with Crippen LogP contribution >= 0.6 is 0 Å². The van der Waals surface area contributed by atoms with Crippen molar-refractivity contribution in [2.24, 2.45) is 0 Å². The molecule has 20 heavy (non-hydrogen) atoms. The fourth-order valence-electron chi connectivity index (χ4n) is 2.23. The Kier molecular flexibility index (Phi) is 3.48. The smallest absolute Gasteiger partial charge is 0.209 e. The summed E-state index contributed by atoms with van der Waals surface area (Å²) in [6, 6.07) is 18.6. The van der Waals surface area contributed by atoms with Crippen molar-refractivity contribution in [1.29, 1.82) is 0 Å². The molecule has 0 saturated heterocycles. The van der Waals surface area contributed by atoms with Gasteiger partial charge in [-0.05, 0) is 36.4 Å². The zero-order valence-electron chi connectivity index (χ0n) is 11.1. The minimum absolute atomic E-state index is 0.185. The van der Waals surface area contributed by atoms with E-state index in [1.54, 1.807) is 6.08 Å². The lowest BCUT2D eigenvalue weighted by Gasteiger charge is -2.19. The van der Waals surface area contributed by atoms with Crippen molar-refractivity contribution >= 4 is 10.9 Å². The summed E-state index contributed by atoms with van der Waals surface area (Å²) in [5.74, 6) is 1.70. The predicted molar refractivity (Wildman–Crippen MR) is 84.8 cm³/mol. The Morgan fingerprint density at radius 2 is 1.55 bits per heavy atom. The normalized spacial score (nSPS) is 17.1. The maximum absolute atomic E-state index is 5.93. The Labute approximate surface area is 122 Å². The lowest BCUT2D eigenvalue weighted by molar-refractivity contribution is 0.429. The van der Waals surface area contributed by atoms with Crippen molar-refractivity contribution in [2.75, 3.05) is 0 Å². The molecule has 0 radical (unpaired) electrons. The topological polar surface area (TPSA) is 9.23 Å². The Hall–Kier alpha value is -2.19.